The first kappa shape index (κ1) is 28.5. The number of rotatable bonds is 14. The van der Waals surface area contributed by atoms with Gasteiger partial charge in [0.2, 0.25) is 0 Å². The van der Waals surface area contributed by atoms with Crippen LogP contribution in [-0.2, 0) is 23.7 Å². The lowest BCUT2D eigenvalue weighted by Crippen LogP contribution is -2.64. The van der Waals surface area contributed by atoms with E-state index in [0.29, 0.717) is 12.8 Å². The molecule has 10 atom stereocenters. The van der Waals surface area contributed by atoms with E-state index in [1.54, 1.807) is 0 Å². The zero-order valence-electron chi connectivity index (χ0n) is 18.6. The summed E-state index contributed by atoms with van der Waals surface area (Å²) >= 11 is 0. The van der Waals surface area contributed by atoms with Crippen LogP contribution >= 0.6 is 0 Å². The lowest BCUT2D eigenvalue weighted by atomic mass is 9.97. The zero-order valence-corrected chi connectivity index (χ0v) is 18.6. The average Bonchev–Trinajstić information content (AvgIpc) is 2.82. The van der Waals surface area contributed by atoms with Crippen LogP contribution in [0.3, 0.4) is 0 Å². The van der Waals surface area contributed by atoms with Crippen molar-refractivity contribution < 1.29 is 59.5 Å². The molecular formula is C21H38O12. The van der Waals surface area contributed by atoms with Crippen molar-refractivity contribution in [3.8, 4) is 0 Å². The van der Waals surface area contributed by atoms with E-state index in [1.807, 2.05) is 0 Å². The molecule has 0 aliphatic carbocycles. The van der Waals surface area contributed by atoms with Crippen molar-refractivity contribution in [2.24, 2.45) is 0 Å². The normalized spacial score (nSPS) is 39.5. The average molecular weight is 483 g/mol. The monoisotopic (exact) mass is 482 g/mol. The molecule has 2 rings (SSSR count). The largest absolute Gasteiger partial charge is 0.394 e. The highest BCUT2D eigenvalue weighted by Crippen LogP contribution is 2.29. The Morgan fingerprint density at radius 3 is 1.82 bits per heavy atom. The number of aliphatic hydroxyl groups excluding tert-OH is 7. The summed E-state index contributed by atoms with van der Waals surface area (Å²) in [7, 11) is 0. The van der Waals surface area contributed by atoms with Gasteiger partial charge in [0.1, 0.15) is 55.1 Å². The number of aliphatic hydroxyl groups is 7. The fourth-order valence-electron chi connectivity index (χ4n) is 3.91. The van der Waals surface area contributed by atoms with Gasteiger partial charge < -0.3 is 59.5 Å². The van der Waals surface area contributed by atoms with E-state index in [4.69, 9.17) is 18.9 Å². The van der Waals surface area contributed by atoms with Crippen molar-refractivity contribution in [2.75, 3.05) is 19.8 Å². The second kappa shape index (κ2) is 14.6. The predicted molar refractivity (Wildman–Crippen MR) is 111 cm³/mol. The van der Waals surface area contributed by atoms with Crippen molar-refractivity contribution in [1.29, 1.82) is 0 Å². The maximum atomic E-state index is 10.5. The first-order chi connectivity index (χ1) is 15.8. The molecule has 2 aliphatic heterocycles. The van der Waals surface area contributed by atoms with Crippen molar-refractivity contribution in [3.63, 3.8) is 0 Å². The van der Waals surface area contributed by atoms with Crippen molar-refractivity contribution in [3.05, 3.63) is 0 Å². The highest BCUT2D eigenvalue weighted by molar-refractivity contribution is 5.48. The van der Waals surface area contributed by atoms with Crippen LogP contribution in [0.25, 0.3) is 0 Å². The molecule has 0 spiro atoms. The summed E-state index contributed by atoms with van der Waals surface area (Å²) in [6.45, 7) is -1.00. The molecule has 33 heavy (non-hydrogen) atoms. The van der Waals surface area contributed by atoms with Gasteiger partial charge in [-0.3, -0.25) is 0 Å². The van der Waals surface area contributed by atoms with Crippen LogP contribution in [0.4, 0.5) is 0 Å². The van der Waals surface area contributed by atoms with Gasteiger partial charge in [-0.1, -0.05) is 25.7 Å². The van der Waals surface area contributed by atoms with Crippen LogP contribution < -0.4 is 0 Å². The van der Waals surface area contributed by atoms with E-state index < -0.39 is 74.6 Å². The highest BCUT2D eigenvalue weighted by Gasteiger charge is 2.50. The predicted octanol–water partition coefficient (Wildman–Crippen LogP) is -2.44. The summed E-state index contributed by atoms with van der Waals surface area (Å²) in [5.74, 6) is 0. The number of hydrogen-bond donors (Lipinski definition) is 7. The van der Waals surface area contributed by atoms with Gasteiger partial charge in [0.05, 0.1) is 13.2 Å². The molecule has 7 N–H and O–H groups in total. The minimum Gasteiger partial charge on any atom is -0.394 e. The first-order valence-corrected chi connectivity index (χ1v) is 11.5. The number of carbonyl (C=O) groups excluding carboxylic acids is 1. The molecule has 0 saturated carbocycles. The Morgan fingerprint density at radius 1 is 0.667 bits per heavy atom. The summed E-state index contributed by atoms with van der Waals surface area (Å²) < 4.78 is 22.1. The van der Waals surface area contributed by atoms with Gasteiger partial charge in [-0.15, -0.1) is 0 Å². The van der Waals surface area contributed by atoms with Gasteiger partial charge in [-0.2, -0.15) is 0 Å². The van der Waals surface area contributed by atoms with E-state index in [2.05, 4.69) is 0 Å². The molecule has 194 valence electrons. The molecule has 2 heterocycles. The van der Waals surface area contributed by atoms with Gasteiger partial charge >= 0.3 is 0 Å². The Balaban J connectivity index is 1.92. The van der Waals surface area contributed by atoms with Gasteiger partial charge in [0.15, 0.2) is 12.6 Å². The van der Waals surface area contributed by atoms with E-state index in [-0.39, 0.29) is 6.61 Å². The minimum absolute atomic E-state index is 0.231. The van der Waals surface area contributed by atoms with E-state index in [1.165, 1.54) is 0 Å². The molecule has 0 amide bonds. The van der Waals surface area contributed by atoms with E-state index in [0.717, 1.165) is 38.4 Å². The molecular weight excluding hydrogens is 444 g/mol. The lowest BCUT2D eigenvalue weighted by molar-refractivity contribution is -0.367. The molecule has 2 aliphatic rings. The molecule has 12 nitrogen and oxygen atoms in total. The first-order valence-electron chi connectivity index (χ1n) is 11.5. The maximum Gasteiger partial charge on any atom is 0.187 e. The van der Waals surface area contributed by atoms with Crippen LogP contribution in [0.1, 0.15) is 44.9 Å². The Hall–Kier alpha value is -0.770. The highest BCUT2D eigenvalue weighted by atomic mass is 16.8. The Labute approximate surface area is 192 Å². The molecule has 0 aromatic heterocycles. The van der Waals surface area contributed by atoms with Crippen LogP contribution in [0.5, 0.6) is 0 Å². The smallest absolute Gasteiger partial charge is 0.187 e. The molecule has 2 fully saturated rings. The molecule has 0 aromatic carbocycles. The van der Waals surface area contributed by atoms with Crippen molar-refractivity contribution in [1.82, 2.24) is 0 Å². The second-order valence-electron chi connectivity index (χ2n) is 8.45. The number of aldehydes is 1. The fraction of sp³-hybridized carbons (Fsp3) is 0.952. The molecule has 2 saturated heterocycles. The summed E-state index contributed by atoms with van der Waals surface area (Å²) in [6.07, 6.45) is -7.72. The Bertz CT molecular complexity index is 549. The van der Waals surface area contributed by atoms with Gasteiger partial charge in [-0.25, -0.2) is 0 Å². The molecule has 0 unspecified atom stereocenters. The van der Waals surface area contributed by atoms with Crippen LogP contribution in [0, 0.1) is 0 Å². The SMILES string of the molecule is O=CCCCCCCCCO[C@@H]1O[C@H](CO)[C@@H](O)[C@H](O)[C@H]1O[C@@H]1O[C@H](CO)[C@@H](O)[C@H](O)[C@H]1O. The Morgan fingerprint density at radius 2 is 1.21 bits per heavy atom. The zero-order chi connectivity index (χ0) is 24.4. The number of unbranched alkanes of at least 4 members (excludes halogenated alkanes) is 6. The molecule has 0 bridgehead atoms. The summed E-state index contributed by atoms with van der Waals surface area (Å²) in [5, 5.41) is 69.6. The number of carbonyl (C=O) groups is 1. The van der Waals surface area contributed by atoms with E-state index in [9.17, 15) is 40.5 Å². The number of ether oxygens (including phenoxy) is 4. The van der Waals surface area contributed by atoms with Gasteiger partial charge in [0, 0.05) is 13.0 Å². The van der Waals surface area contributed by atoms with E-state index >= 15 is 0 Å². The van der Waals surface area contributed by atoms with Crippen molar-refractivity contribution >= 4 is 6.29 Å². The minimum atomic E-state index is -1.71. The van der Waals surface area contributed by atoms with Crippen LogP contribution in [0.2, 0.25) is 0 Å². The molecule has 0 radical (unpaired) electrons. The molecule has 12 heteroatoms. The topological polar surface area (TPSA) is 196 Å². The van der Waals surface area contributed by atoms with Crippen molar-refractivity contribution in [2.45, 2.75) is 106 Å². The summed E-state index contributed by atoms with van der Waals surface area (Å²) in [5.41, 5.74) is 0. The molecule has 0 aromatic rings. The van der Waals surface area contributed by atoms with Crippen LogP contribution in [-0.4, -0.2) is 123 Å². The maximum absolute atomic E-state index is 10.5. The third-order valence-corrected chi connectivity index (χ3v) is 5.96. The van der Waals surface area contributed by atoms with Gasteiger partial charge in [-0.05, 0) is 12.8 Å². The number of hydrogen-bond acceptors (Lipinski definition) is 12. The Kier molecular flexibility index (Phi) is 12.6. The van der Waals surface area contributed by atoms with Gasteiger partial charge in [0.25, 0.3) is 0 Å². The summed E-state index contributed by atoms with van der Waals surface area (Å²) in [6, 6.07) is 0. The second-order valence-corrected chi connectivity index (χ2v) is 8.45. The lowest BCUT2D eigenvalue weighted by Gasteiger charge is -2.45. The van der Waals surface area contributed by atoms with Crippen LogP contribution in [0.15, 0.2) is 0 Å². The third kappa shape index (κ3) is 7.87. The quantitative estimate of drug-likeness (QED) is 0.102. The third-order valence-electron chi connectivity index (χ3n) is 5.96. The fourth-order valence-corrected chi connectivity index (χ4v) is 3.91. The standard InChI is InChI=1S/C21H38O12/c22-8-6-4-2-1-3-5-7-9-30-21-19(17(28)15(26)13(11-24)32-21)33-20-18(29)16(27)14(25)12(10-23)31-20/h8,12-21,23-29H,1-7,9-11H2/t12-,13-,14-,15-,16+,17+,18-,19-,20+,21-/m1/s1. The summed E-state index contributed by atoms with van der Waals surface area (Å²) in [4.78, 5) is 10.3.